The highest BCUT2D eigenvalue weighted by atomic mass is 16.6. The lowest BCUT2D eigenvalue weighted by Crippen LogP contribution is -2.28. The Labute approximate surface area is 270 Å². The van der Waals surface area contributed by atoms with E-state index in [0.29, 0.717) is 12.8 Å². The molecule has 0 aliphatic carbocycles. The Morgan fingerprint density at radius 2 is 1.18 bits per heavy atom. The van der Waals surface area contributed by atoms with Gasteiger partial charge in [-0.25, -0.2) is 0 Å². The zero-order valence-corrected chi connectivity index (χ0v) is 28.4. The van der Waals surface area contributed by atoms with Crippen LogP contribution in [0.25, 0.3) is 0 Å². The van der Waals surface area contributed by atoms with Gasteiger partial charge in [0.15, 0.2) is 6.10 Å². The number of hydrogen-bond acceptors (Lipinski definition) is 6. The zero-order valence-electron chi connectivity index (χ0n) is 28.4. The van der Waals surface area contributed by atoms with Gasteiger partial charge in [-0.15, -0.1) is 0 Å². The van der Waals surface area contributed by atoms with Crippen molar-refractivity contribution < 1.29 is 29.3 Å². The van der Waals surface area contributed by atoms with Crippen LogP contribution in [0.2, 0.25) is 0 Å². The normalized spacial score (nSPS) is 13.6. The minimum atomic E-state index is -0.809. The summed E-state index contributed by atoms with van der Waals surface area (Å²) >= 11 is 0. The van der Waals surface area contributed by atoms with Crippen LogP contribution in [-0.4, -0.2) is 47.6 Å². The second kappa shape index (κ2) is 32.2. The second-order valence-corrected chi connectivity index (χ2v) is 12.3. The van der Waals surface area contributed by atoms with E-state index >= 15 is 0 Å². The van der Waals surface area contributed by atoms with E-state index < -0.39 is 6.10 Å². The minimum absolute atomic E-state index is 0.0980. The third-order valence-electron chi connectivity index (χ3n) is 7.36. The SMILES string of the molecule is CCCC(O)C/C=C\C/C=C\C/C=C\C/C=C\CCCC(=O)O[C@@H](CO)COC(=O)CCCCCCCCCCCC(C)C. The number of ether oxygens (including phenoxy) is 2. The number of unbranched alkanes of at least 4 members (excludes halogenated alkanes) is 9. The van der Waals surface area contributed by atoms with Crippen molar-refractivity contribution in [3.05, 3.63) is 48.6 Å². The van der Waals surface area contributed by atoms with Gasteiger partial charge in [0.25, 0.3) is 0 Å². The summed E-state index contributed by atoms with van der Waals surface area (Å²) < 4.78 is 10.5. The van der Waals surface area contributed by atoms with Crippen molar-refractivity contribution in [1.29, 1.82) is 0 Å². The summed E-state index contributed by atoms with van der Waals surface area (Å²) in [6.45, 7) is 6.18. The highest BCUT2D eigenvalue weighted by Gasteiger charge is 2.15. The Hall–Kier alpha value is -2.18. The quantitative estimate of drug-likeness (QED) is 0.0473. The molecule has 6 nitrogen and oxygen atoms in total. The first kappa shape index (κ1) is 41.8. The van der Waals surface area contributed by atoms with Crippen molar-refractivity contribution in [2.45, 2.75) is 161 Å². The fourth-order valence-electron chi connectivity index (χ4n) is 4.69. The van der Waals surface area contributed by atoms with Gasteiger partial charge >= 0.3 is 11.9 Å². The van der Waals surface area contributed by atoms with Gasteiger partial charge in [0.2, 0.25) is 0 Å². The first-order valence-electron chi connectivity index (χ1n) is 17.6. The van der Waals surface area contributed by atoms with Crippen molar-refractivity contribution in [1.82, 2.24) is 0 Å². The summed E-state index contributed by atoms with van der Waals surface area (Å²) in [6.07, 6.45) is 35.2. The summed E-state index contributed by atoms with van der Waals surface area (Å²) in [7, 11) is 0. The maximum Gasteiger partial charge on any atom is 0.306 e. The zero-order chi connectivity index (χ0) is 32.5. The number of rotatable bonds is 30. The average Bonchev–Trinajstić information content (AvgIpc) is 2.99. The van der Waals surface area contributed by atoms with Crippen molar-refractivity contribution in [3.8, 4) is 0 Å². The summed E-state index contributed by atoms with van der Waals surface area (Å²) in [5.41, 5.74) is 0. The number of aliphatic hydroxyl groups excluding tert-OH is 2. The molecule has 0 spiro atoms. The van der Waals surface area contributed by atoms with E-state index in [-0.39, 0.29) is 37.7 Å². The number of hydrogen-bond donors (Lipinski definition) is 2. The van der Waals surface area contributed by atoms with E-state index in [9.17, 15) is 19.8 Å². The van der Waals surface area contributed by atoms with Gasteiger partial charge in [-0.05, 0) is 57.3 Å². The fourth-order valence-corrected chi connectivity index (χ4v) is 4.69. The van der Waals surface area contributed by atoms with E-state index in [1.54, 1.807) is 0 Å². The van der Waals surface area contributed by atoms with Crippen LogP contribution in [0.15, 0.2) is 48.6 Å². The first-order valence-corrected chi connectivity index (χ1v) is 17.6. The van der Waals surface area contributed by atoms with E-state index in [1.807, 2.05) is 6.08 Å². The van der Waals surface area contributed by atoms with Crippen LogP contribution >= 0.6 is 0 Å². The number of carbonyl (C=O) groups is 2. The maximum absolute atomic E-state index is 12.1. The van der Waals surface area contributed by atoms with Crippen molar-refractivity contribution in [2.75, 3.05) is 13.2 Å². The predicted molar refractivity (Wildman–Crippen MR) is 183 cm³/mol. The van der Waals surface area contributed by atoms with Crippen molar-refractivity contribution in [2.24, 2.45) is 5.92 Å². The topological polar surface area (TPSA) is 93.1 Å². The summed E-state index contributed by atoms with van der Waals surface area (Å²) in [6, 6.07) is 0. The van der Waals surface area contributed by atoms with Gasteiger partial charge in [0.05, 0.1) is 12.7 Å². The highest BCUT2D eigenvalue weighted by Crippen LogP contribution is 2.14. The van der Waals surface area contributed by atoms with E-state index in [4.69, 9.17) is 9.47 Å². The van der Waals surface area contributed by atoms with Gasteiger partial charge in [-0.3, -0.25) is 9.59 Å². The number of aliphatic hydroxyl groups is 2. The van der Waals surface area contributed by atoms with Crippen LogP contribution < -0.4 is 0 Å². The molecule has 6 heteroatoms. The van der Waals surface area contributed by atoms with Crippen LogP contribution in [0.4, 0.5) is 0 Å². The van der Waals surface area contributed by atoms with Gasteiger partial charge < -0.3 is 19.7 Å². The molecule has 1 unspecified atom stereocenters. The Kier molecular flexibility index (Phi) is 30.6. The maximum atomic E-state index is 12.1. The fraction of sp³-hybridized carbons (Fsp3) is 0.737. The lowest BCUT2D eigenvalue weighted by Gasteiger charge is -2.15. The monoisotopic (exact) mass is 618 g/mol. The lowest BCUT2D eigenvalue weighted by atomic mass is 10.0. The molecule has 0 heterocycles. The molecule has 0 bridgehead atoms. The molecule has 0 aromatic heterocycles. The molecule has 2 atom stereocenters. The van der Waals surface area contributed by atoms with Crippen molar-refractivity contribution >= 4 is 11.9 Å². The summed E-state index contributed by atoms with van der Waals surface area (Å²) in [5.74, 6) is 0.128. The molecule has 0 fully saturated rings. The van der Waals surface area contributed by atoms with E-state index in [2.05, 4.69) is 63.3 Å². The molecule has 0 aliphatic heterocycles. The molecule has 2 N–H and O–H groups in total. The molecule has 0 saturated carbocycles. The van der Waals surface area contributed by atoms with Gasteiger partial charge in [0, 0.05) is 12.8 Å². The van der Waals surface area contributed by atoms with Crippen LogP contribution in [0.1, 0.15) is 149 Å². The van der Waals surface area contributed by atoms with Crippen LogP contribution in [0, 0.1) is 5.92 Å². The molecule has 0 aliphatic rings. The molecule has 0 rings (SSSR count). The third kappa shape index (κ3) is 31.3. The molecule has 0 amide bonds. The first-order chi connectivity index (χ1) is 21.4. The van der Waals surface area contributed by atoms with Crippen molar-refractivity contribution in [3.63, 3.8) is 0 Å². The lowest BCUT2D eigenvalue weighted by molar-refractivity contribution is -0.161. The van der Waals surface area contributed by atoms with Gasteiger partial charge in [0.1, 0.15) is 6.61 Å². The largest absolute Gasteiger partial charge is 0.462 e. The molecule has 0 saturated heterocycles. The predicted octanol–water partition coefficient (Wildman–Crippen LogP) is 9.50. The number of esters is 2. The van der Waals surface area contributed by atoms with Crippen LogP contribution in [0.5, 0.6) is 0 Å². The average molecular weight is 619 g/mol. The summed E-state index contributed by atoms with van der Waals surface area (Å²) in [4.78, 5) is 24.1. The molecule has 0 radical (unpaired) electrons. The number of carbonyl (C=O) groups excluding carboxylic acids is 2. The Balaban J connectivity index is 3.74. The van der Waals surface area contributed by atoms with Crippen LogP contribution in [0.3, 0.4) is 0 Å². The molecule has 44 heavy (non-hydrogen) atoms. The molecular formula is C38H66O6. The van der Waals surface area contributed by atoms with Gasteiger partial charge in [-0.1, -0.05) is 134 Å². The van der Waals surface area contributed by atoms with Crippen LogP contribution in [-0.2, 0) is 19.1 Å². The third-order valence-corrected chi connectivity index (χ3v) is 7.36. The molecule has 254 valence electrons. The van der Waals surface area contributed by atoms with Gasteiger partial charge in [-0.2, -0.15) is 0 Å². The highest BCUT2D eigenvalue weighted by molar-refractivity contribution is 5.70. The Morgan fingerprint density at radius 1 is 0.659 bits per heavy atom. The van der Waals surface area contributed by atoms with E-state index in [0.717, 1.165) is 70.1 Å². The Bertz CT molecular complexity index is 782. The smallest absolute Gasteiger partial charge is 0.306 e. The van der Waals surface area contributed by atoms with E-state index in [1.165, 1.54) is 44.9 Å². The standard InChI is InChI=1S/C38H66O6/c1-4-27-35(40)29-24-20-16-12-8-6-5-7-9-13-18-22-26-31-38(42)44-36(32-39)33-43-37(41)30-25-21-17-14-10-11-15-19-23-28-34(2)3/h5,7-8,12-13,18,20,24,34-36,39-40H,4,6,9-11,14-17,19,21-23,25-33H2,1-3H3/b7-5-,12-8-,18-13-,24-20-/t35?,36-/m0/s1. The minimum Gasteiger partial charge on any atom is -0.462 e. The number of allylic oxidation sites excluding steroid dienone is 7. The molecular weight excluding hydrogens is 552 g/mol. The molecule has 0 aromatic carbocycles. The Morgan fingerprint density at radius 3 is 1.75 bits per heavy atom. The summed E-state index contributed by atoms with van der Waals surface area (Å²) in [5, 5.41) is 19.2. The second-order valence-electron chi connectivity index (χ2n) is 12.3. The molecule has 0 aromatic rings.